The number of anilines is 1. The molecule has 3 N–H and O–H groups in total. The van der Waals surface area contributed by atoms with Gasteiger partial charge >= 0.3 is 0 Å². The van der Waals surface area contributed by atoms with Gasteiger partial charge in [0.1, 0.15) is 5.75 Å². The predicted molar refractivity (Wildman–Crippen MR) is 38.3 cm³/mol. The van der Waals surface area contributed by atoms with Crippen LogP contribution < -0.4 is 5.73 Å². The fraction of sp³-hybridized carbons (Fsp3) is 0. The summed E-state index contributed by atoms with van der Waals surface area (Å²) in [6, 6.07) is 6.70. The average Bonchev–Trinajstić information content (AvgIpc) is 1.77. The summed E-state index contributed by atoms with van der Waals surface area (Å²) < 4.78 is 0. The van der Waals surface area contributed by atoms with Crippen molar-refractivity contribution in [3.8, 4) is 5.75 Å². The number of benzene rings is 1. The van der Waals surface area contributed by atoms with Gasteiger partial charge < -0.3 is 10.8 Å². The summed E-state index contributed by atoms with van der Waals surface area (Å²) in [7, 11) is 0. The maximum atomic E-state index is 8.79. The Morgan fingerprint density at radius 2 is 1.78 bits per heavy atom. The standard InChI is InChI=1S/C6H7NO.Li/c7-5-3-1-2-4-6(5)8;/h1-4,8H,7H2;. The van der Waals surface area contributed by atoms with Gasteiger partial charge in [-0.3, -0.25) is 0 Å². The van der Waals surface area contributed by atoms with Crippen molar-refractivity contribution in [1.29, 1.82) is 0 Å². The molecule has 0 atom stereocenters. The van der Waals surface area contributed by atoms with Crippen LogP contribution in [0.25, 0.3) is 0 Å². The van der Waals surface area contributed by atoms with Gasteiger partial charge in [-0.2, -0.15) is 0 Å². The quantitative estimate of drug-likeness (QED) is 0.296. The molecule has 0 aromatic heterocycles. The van der Waals surface area contributed by atoms with Crippen molar-refractivity contribution < 1.29 is 5.11 Å². The molecule has 3 heteroatoms. The smallest absolute Gasteiger partial charge is 0.138 e. The summed E-state index contributed by atoms with van der Waals surface area (Å²) in [5.41, 5.74) is 5.69. The fourth-order valence-corrected chi connectivity index (χ4v) is 0.488. The molecule has 0 amide bonds. The van der Waals surface area contributed by atoms with Gasteiger partial charge in [-0.1, -0.05) is 12.1 Å². The molecule has 0 unspecified atom stereocenters. The van der Waals surface area contributed by atoms with E-state index in [0.717, 1.165) is 0 Å². The molecule has 0 aliphatic carbocycles. The van der Waals surface area contributed by atoms with Crippen LogP contribution in [0.1, 0.15) is 0 Å². The molecule has 2 nitrogen and oxygen atoms in total. The van der Waals surface area contributed by atoms with E-state index in [-0.39, 0.29) is 24.6 Å². The second-order valence-corrected chi connectivity index (χ2v) is 1.56. The molecule has 0 saturated carbocycles. The molecule has 1 aromatic rings. The molecular weight excluding hydrogens is 109 g/mol. The van der Waals surface area contributed by atoms with Gasteiger partial charge in [-0.15, -0.1) is 0 Å². The largest absolute Gasteiger partial charge is 0.506 e. The van der Waals surface area contributed by atoms with Crippen molar-refractivity contribution in [3.63, 3.8) is 0 Å². The minimum Gasteiger partial charge on any atom is -0.506 e. The Hall–Kier alpha value is -0.583. The maximum absolute atomic E-state index is 8.79. The van der Waals surface area contributed by atoms with Crippen molar-refractivity contribution in [1.82, 2.24) is 0 Å². The average molecular weight is 116 g/mol. The monoisotopic (exact) mass is 116 g/mol. The molecule has 43 valence electrons. The number of nitrogens with two attached hydrogens (primary N) is 1. The van der Waals surface area contributed by atoms with Crippen LogP contribution in [0.15, 0.2) is 24.3 Å². The van der Waals surface area contributed by atoms with Crippen LogP contribution in [0.2, 0.25) is 0 Å². The minimum atomic E-state index is 0. The van der Waals surface area contributed by atoms with Gasteiger partial charge in [0.15, 0.2) is 0 Å². The number of hydrogen-bond donors (Lipinski definition) is 2. The number of rotatable bonds is 0. The minimum absolute atomic E-state index is 0. The first-order valence-electron chi connectivity index (χ1n) is 2.34. The first-order chi connectivity index (χ1) is 3.80. The van der Waals surface area contributed by atoms with Gasteiger partial charge in [0, 0.05) is 18.9 Å². The SMILES string of the molecule is Nc1ccccc1O.[Li]. The summed E-state index contributed by atoms with van der Waals surface area (Å²) in [5, 5.41) is 8.79. The van der Waals surface area contributed by atoms with Gasteiger partial charge in [0.2, 0.25) is 0 Å². The summed E-state index contributed by atoms with van der Waals surface area (Å²) >= 11 is 0. The third-order valence-corrected chi connectivity index (χ3v) is 0.937. The topological polar surface area (TPSA) is 46.2 Å². The Morgan fingerprint density at radius 3 is 2.11 bits per heavy atom. The molecule has 0 heterocycles. The molecule has 0 fully saturated rings. The third kappa shape index (κ3) is 2.01. The Labute approximate surface area is 65.9 Å². The molecular formula is C6H7LiNO. The van der Waals surface area contributed by atoms with E-state index in [2.05, 4.69) is 0 Å². The molecule has 0 spiro atoms. The summed E-state index contributed by atoms with van der Waals surface area (Å²) in [4.78, 5) is 0. The van der Waals surface area contributed by atoms with E-state index in [0.29, 0.717) is 5.69 Å². The second-order valence-electron chi connectivity index (χ2n) is 1.56. The van der Waals surface area contributed by atoms with E-state index in [1.807, 2.05) is 0 Å². The molecule has 0 aliphatic heterocycles. The second kappa shape index (κ2) is 3.44. The molecule has 1 rings (SSSR count). The number of para-hydroxylation sites is 2. The van der Waals surface area contributed by atoms with E-state index in [9.17, 15) is 0 Å². The third-order valence-electron chi connectivity index (χ3n) is 0.937. The van der Waals surface area contributed by atoms with Crippen LogP contribution in [0.5, 0.6) is 5.75 Å². The van der Waals surface area contributed by atoms with E-state index in [1.54, 1.807) is 24.3 Å². The van der Waals surface area contributed by atoms with Crippen LogP contribution in [0, 0.1) is 0 Å². The number of phenols is 1. The Morgan fingerprint density at radius 1 is 1.22 bits per heavy atom. The summed E-state index contributed by atoms with van der Waals surface area (Å²) in [5.74, 6) is 0.146. The van der Waals surface area contributed by atoms with E-state index < -0.39 is 0 Å². The van der Waals surface area contributed by atoms with Crippen LogP contribution in [0.4, 0.5) is 5.69 Å². The summed E-state index contributed by atoms with van der Waals surface area (Å²) in [6.45, 7) is 0. The van der Waals surface area contributed by atoms with Crippen molar-refractivity contribution >= 4 is 24.5 Å². The van der Waals surface area contributed by atoms with Gasteiger partial charge in [-0.05, 0) is 12.1 Å². The number of phenolic OH excluding ortho intramolecular Hbond substituents is 1. The molecule has 1 radical (unpaired) electrons. The Bertz CT molecular complexity index is 169. The van der Waals surface area contributed by atoms with Crippen molar-refractivity contribution in [3.05, 3.63) is 24.3 Å². The van der Waals surface area contributed by atoms with E-state index >= 15 is 0 Å². The van der Waals surface area contributed by atoms with Gasteiger partial charge in [-0.25, -0.2) is 0 Å². The van der Waals surface area contributed by atoms with Crippen LogP contribution in [-0.4, -0.2) is 24.0 Å². The summed E-state index contributed by atoms with van der Waals surface area (Å²) in [6.07, 6.45) is 0. The van der Waals surface area contributed by atoms with Gasteiger partial charge in [0.05, 0.1) is 5.69 Å². The maximum Gasteiger partial charge on any atom is 0.138 e. The molecule has 0 saturated heterocycles. The Kier molecular flexibility index (Phi) is 3.22. The van der Waals surface area contributed by atoms with Crippen molar-refractivity contribution in [2.24, 2.45) is 0 Å². The van der Waals surface area contributed by atoms with Crippen molar-refractivity contribution in [2.75, 3.05) is 5.73 Å². The molecule has 0 aliphatic rings. The molecule has 1 aromatic carbocycles. The fourth-order valence-electron chi connectivity index (χ4n) is 0.488. The zero-order chi connectivity index (χ0) is 5.98. The van der Waals surface area contributed by atoms with E-state index in [1.165, 1.54) is 0 Å². The van der Waals surface area contributed by atoms with Crippen LogP contribution in [0.3, 0.4) is 0 Å². The molecule has 0 bridgehead atoms. The zero-order valence-corrected chi connectivity index (χ0v) is 5.33. The number of aromatic hydroxyl groups is 1. The van der Waals surface area contributed by atoms with Gasteiger partial charge in [0.25, 0.3) is 0 Å². The molecule has 9 heavy (non-hydrogen) atoms. The first-order valence-corrected chi connectivity index (χ1v) is 2.34. The number of hydrogen-bond acceptors (Lipinski definition) is 2. The Balaban J connectivity index is 0.000000640. The van der Waals surface area contributed by atoms with E-state index in [4.69, 9.17) is 10.8 Å². The van der Waals surface area contributed by atoms with Crippen LogP contribution >= 0.6 is 0 Å². The first kappa shape index (κ1) is 8.42. The number of nitrogen functional groups attached to an aromatic ring is 1. The van der Waals surface area contributed by atoms with Crippen molar-refractivity contribution in [2.45, 2.75) is 0 Å². The van der Waals surface area contributed by atoms with Crippen LogP contribution in [-0.2, 0) is 0 Å². The predicted octanol–water partition coefficient (Wildman–Crippen LogP) is 0.594. The zero-order valence-electron chi connectivity index (χ0n) is 5.33. The normalized spacial score (nSPS) is 8.00.